The van der Waals surface area contributed by atoms with Crippen molar-refractivity contribution in [1.29, 1.82) is 0 Å². The fourth-order valence-electron chi connectivity index (χ4n) is 1.01. The van der Waals surface area contributed by atoms with Crippen LogP contribution in [0.15, 0.2) is 0 Å². The van der Waals surface area contributed by atoms with Crippen LogP contribution in [-0.2, 0) is 4.79 Å². The highest BCUT2D eigenvalue weighted by atomic mass is 16.1. The van der Waals surface area contributed by atoms with Gasteiger partial charge in [0.2, 0.25) is 0 Å². The summed E-state index contributed by atoms with van der Waals surface area (Å²) in [5.74, 6) is 0. The molecule has 66 valence electrons. The average molecular weight is 156 g/mol. The highest BCUT2D eigenvalue weighted by Crippen LogP contribution is 2.26. The van der Waals surface area contributed by atoms with Crippen molar-refractivity contribution in [3.05, 3.63) is 0 Å². The first-order valence-electron chi connectivity index (χ1n) is 4.56. The van der Waals surface area contributed by atoms with Crippen LogP contribution in [-0.4, -0.2) is 6.29 Å². The quantitative estimate of drug-likeness (QED) is 0.426. The Morgan fingerprint density at radius 2 is 1.91 bits per heavy atom. The van der Waals surface area contributed by atoms with E-state index >= 15 is 0 Å². The molecule has 11 heavy (non-hydrogen) atoms. The first kappa shape index (κ1) is 10.7. The molecule has 0 N–H and O–H groups in total. The van der Waals surface area contributed by atoms with Crippen LogP contribution < -0.4 is 0 Å². The molecule has 0 aromatic heterocycles. The van der Waals surface area contributed by atoms with Crippen molar-refractivity contribution in [3.63, 3.8) is 0 Å². The van der Waals surface area contributed by atoms with Crippen molar-refractivity contribution in [2.24, 2.45) is 5.41 Å². The molecular weight excluding hydrogens is 136 g/mol. The molecule has 0 aliphatic carbocycles. The third kappa shape index (κ3) is 6.08. The van der Waals surface area contributed by atoms with E-state index in [1.165, 1.54) is 19.3 Å². The third-order valence-electron chi connectivity index (χ3n) is 2.38. The number of hydrogen-bond donors (Lipinski definition) is 0. The number of carbonyl (C=O) groups is 1. The molecule has 0 aromatic rings. The Balaban J connectivity index is 3.29. The largest absolute Gasteiger partial charge is 0.303 e. The van der Waals surface area contributed by atoms with E-state index in [0.29, 0.717) is 5.41 Å². The summed E-state index contributed by atoms with van der Waals surface area (Å²) in [7, 11) is 0. The summed E-state index contributed by atoms with van der Waals surface area (Å²) in [4.78, 5) is 10.00. The Hall–Kier alpha value is -0.330. The van der Waals surface area contributed by atoms with Crippen LogP contribution in [0.2, 0.25) is 0 Å². The second-order valence-corrected chi connectivity index (χ2v) is 3.93. The lowest BCUT2D eigenvalue weighted by Crippen LogP contribution is -2.08. The van der Waals surface area contributed by atoms with Gasteiger partial charge in [-0.3, -0.25) is 0 Å². The average Bonchev–Trinajstić information content (AvgIpc) is 1.99. The maximum Gasteiger partial charge on any atom is 0.119 e. The standard InChI is InChI=1S/C10H20O/c1-4-10(2,3)8-6-5-7-9-11/h9H,4-8H2,1-3H3. The van der Waals surface area contributed by atoms with Gasteiger partial charge < -0.3 is 4.79 Å². The molecule has 0 radical (unpaired) electrons. The molecule has 0 aliphatic rings. The molecule has 0 atom stereocenters. The molecule has 0 amide bonds. The molecule has 0 saturated heterocycles. The second kappa shape index (κ2) is 5.34. The summed E-state index contributed by atoms with van der Waals surface area (Å²) < 4.78 is 0. The molecule has 0 heterocycles. The van der Waals surface area contributed by atoms with Crippen molar-refractivity contribution in [1.82, 2.24) is 0 Å². The zero-order valence-electron chi connectivity index (χ0n) is 8.02. The minimum absolute atomic E-state index is 0.475. The molecule has 0 rings (SSSR count). The van der Waals surface area contributed by atoms with Crippen LogP contribution >= 0.6 is 0 Å². The van der Waals surface area contributed by atoms with Crippen molar-refractivity contribution < 1.29 is 4.79 Å². The first-order chi connectivity index (χ1) is 5.12. The predicted octanol–water partition coefficient (Wildman–Crippen LogP) is 3.18. The lowest BCUT2D eigenvalue weighted by molar-refractivity contribution is -0.107. The summed E-state index contributed by atoms with van der Waals surface area (Å²) in [5, 5.41) is 0. The summed E-state index contributed by atoms with van der Waals surface area (Å²) in [5.41, 5.74) is 0.475. The Morgan fingerprint density at radius 3 is 2.36 bits per heavy atom. The third-order valence-corrected chi connectivity index (χ3v) is 2.38. The molecule has 1 heteroatoms. The van der Waals surface area contributed by atoms with Crippen LogP contribution in [0.5, 0.6) is 0 Å². The second-order valence-electron chi connectivity index (χ2n) is 3.93. The van der Waals surface area contributed by atoms with Crippen LogP contribution in [0.1, 0.15) is 52.9 Å². The number of unbranched alkanes of at least 4 members (excludes halogenated alkanes) is 2. The van der Waals surface area contributed by atoms with Crippen molar-refractivity contribution in [2.75, 3.05) is 0 Å². The maximum atomic E-state index is 10.00. The summed E-state index contributed by atoms with van der Waals surface area (Å²) in [6, 6.07) is 0. The predicted molar refractivity (Wildman–Crippen MR) is 48.6 cm³/mol. The molecule has 0 spiro atoms. The van der Waals surface area contributed by atoms with Gasteiger partial charge in [-0.25, -0.2) is 0 Å². The fraction of sp³-hybridized carbons (Fsp3) is 0.900. The molecule has 0 bridgehead atoms. The minimum atomic E-state index is 0.475. The van der Waals surface area contributed by atoms with Gasteiger partial charge >= 0.3 is 0 Å². The fourth-order valence-corrected chi connectivity index (χ4v) is 1.01. The van der Waals surface area contributed by atoms with E-state index in [1.807, 2.05) is 0 Å². The van der Waals surface area contributed by atoms with Gasteiger partial charge in [0.15, 0.2) is 0 Å². The van der Waals surface area contributed by atoms with Gasteiger partial charge in [-0.1, -0.05) is 33.6 Å². The summed E-state index contributed by atoms with van der Waals surface area (Å²) in [6.07, 6.45) is 6.48. The number of hydrogen-bond acceptors (Lipinski definition) is 1. The Labute approximate surface area is 70.2 Å². The van der Waals surface area contributed by atoms with E-state index in [2.05, 4.69) is 20.8 Å². The van der Waals surface area contributed by atoms with Crippen LogP contribution in [0.4, 0.5) is 0 Å². The SMILES string of the molecule is CCC(C)(C)CCCCC=O. The number of carbonyl (C=O) groups excluding carboxylic acids is 1. The van der Waals surface area contributed by atoms with Crippen LogP contribution in [0, 0.1) is 5.41 Å². The van der Waals surface area contributed by atoms with Crippen LogP contribution in [0.3, 0.4) is 0 Å². The van der Waals surface area contributed by atoms with Crippen molar-refractivity contribution in [2.45, 2.75) is 52.9 Å². The van der Waals surface area contributed by atoms with Crippen molar-refractivity contribution >= 4 is 6.29 Å². The van der Waals surface area contributed by atoms with E-state index in [0.717, 1.165) is 19.1 Å². The number of rotatable bonds is 6. The van der Waals surface area contributed by atoms with Gasteiger partial charge in [-0.15, -0.1) is 0 Å². The van der Waals surface area contributed by atoms with Gasteiger partial charge in [0.25, 0.3) is 0 Å². The minimum Gasteiger partial charge on any atom is -0.303 e. The Kier molecular flexibility index (Phi) is 5.18. The molecule has 0 saturated carbocycles. The molecular formula is C10H20O. The maximum absolute atomic E-state index is 10.00. The monoisotopic (exact) mass is 156 g/mol. The van der Waals surface area contributed by atoms with Crippen molar-refractivity contribution in [3.8, 4) is 0 Å². The summed E-state index contributed by atoms with van der Waals surface area (Å²) >= 11 is 0. The number of aldehydes is 1. The van der Waals surface area contributed by atoms with E-state index in [9.17, 15) is 4.79 Å². The lowest BCUT2D eigenvalue weighted by Gasteiger charge is -2.21. The van der Waals surface area contributed by atoms with Gasteiger partial charge in [0.05, 0.1) is 0 Å². The van der Waals surface area contributed by atoms with E-state index in [4.69, 9.17) is 0 Å². The normalized spacial score (nSPS) is 11.5. The van der Waals surface area contributed by atoms with Gasteiger partial charge in [-0.05, 0) is 18.3 Å². The zero-order valence-corrected chi connectivity index (χ0v) is 8.02. The lowest BCUT2D eigenvalue weighted by atomic mass is 9.84. The highest BCUT2D eigenvalue weighted by Gasteiger charge is 2.13. The molecule has 1 nitrogen and oxygen atoms in total. The van der Waals surface area contributed by atoms with Gasteiger partial charge in [0, 0.05) is 6.42 Å². The van der Waals surface area contributed by atoms with E-state index in [1.54, 1.807) is 0 Å². The Bertz CT molecular complexity index is 105. The first-order valence-corrected chi connectivity index (χ1v) is 4.56. The van der Waals surface area contributed by atoms with Crippen LogP contribution in [0.25, 0.3) is 0 Å². The smallest absolute Gasteiger partial charge is 0.119 e. The van der Waals surface area contributed by atoms with E-state index in [-0.39, 0.29) is 0 Å². The molecule has 0 fully saturated rings. The van der Waals surface area contributed by atoms with E-state index < -0.39 is 0 Å². The van der Waals surface area contributed by atoms with Gasteiger partial charge in [-0.2, -0.15) is 0 Å². The molecule has 0 aliphatic heterocycles. The summed E-state index contributed by atoms with van der Waals surface area (Å²) in [6.45, 7) is 6.79. The van der Waals surface area contributed by atoms with Gasteiger partial charge in [0.1, 0.15) is 6.29 Å². The highest BCUT2D eigenvalue weighted by molar-refractivity contribution is 5.48. The topological polar surface area (TPSA) is 17.1 Å². The molecule has 0 unspecified atom stereocenters. The molecule has 0 aromatic carbocycles. The zero-order chi connectivity index (χ0) is 8.74. The Morgan fingerprint density at radius 1 is 1.27 bits per heavy atom.